The third-order valence-electron chi connectivity index (χ3n) is 14.0. The fourth-order valence-electron chi connectivity index (χ4n) is 11.9. The Morgan fingerprint density at radius 2 is 1.51 bits per heavy atom. The maximum Gasteiger partial charge on any atom is 0.159 e. The van der Waals surface area contributed by atoms with E-state index in [4.69, 9.17) is 0 Å². The zero-order valence-corrected chi connectivity index (χ0v) is 25.8. The van der Waals surface area contributed by atoms with Crippen LogP contribution in [0.1, 0.15) is 113 Å². The van der Waals surface area contributed by atoms with Gasteiger partial charge in [-0.1, -0.05) is 61.0 Å². The fraction of sp³-hybridized carbons (Fsp3) is 0.750. The van der Waals surface area contributed by atoms with Crippen LogP contribution in [-0.4, -0.2) is 11.8 Å². The van der Waals surface area contributed by atoms with Crippen LogP contribution in [-0.2, 0) is 4.79 Å². The van der Waals surface area contributed by atoms with Gasteiger partial charge in [0.2, 0.25) is 0 Å². The van der Waals surface area contributed by atoms with Gasteiger partial charge in [0.1, 0.15) is 5.82 Å². The molecule has 2 nitrogen and oxygen atoms in total. The quantitative estimate of drug-likeness (QED) is 0.419. The van der Waals surface area contributed by atoms with Crippen LogP contribution in [0.4, 0.5) is 10.1 Å². The largest absolute Gasteiger partial charge is 0.382 e. The molecular formula is C36H52FNO. The zero-order chi connectivity index (χ0) is 28.2. The first-order chi connectivity index (χ1) is 18.2. The Kier molecular flexibility index (Phi) is 6.13. The molecule has 3 heteroatoms. The lowest BCUT2D eigenvalue weighted by atomic mass is 9.33. The molecule has 0 radical (unpaired) electrons. The first-order valence-electron chi connectivity index (χ1n) is 16.0. The van der Waals surface area contributed by atoms with Crippen LogP contribution in [0.25, 0.3) is 0 Å². The molecule has 5 aliphatic rings. The summed E-state index contributed by atoms with van der Waals surface area (Å²) in [4.78, 5) is 13.3. The lowest BCUT2D eigenvalue weighted by Gasteiger charge is -2.72. The van der Waals surface area contributed by atoms with Crippen LogP contribution in [0.15, 0.2) is 35.4 Å². The summed E-state index contributed by atoms with van der Waals surface area (Å²) in [5, 5.41) is 3.83. The number of hydrogen-bond donors (Lipinski definition) is 1. The van der Waals surface area contributed by atoms with Gasteiger partial charge >= 0.3 is 0 Å². The highest BCUT2D eigenvalue weighted by atomic mass is 19.1. The smallest absolute Gasteiger partial charge is 0.159 e. The Labute approximate surface area is 237 Å². The molecule has 0 amide bonds. The van der Waals surface area contributed by atoms with E-state index < -0.39 is 0 Å². The molecule has 1 unspecified atom stereocenters. The normalized spacial score (nSPS) is 44.9. The van der Waals surface area contributed by atoms with Crippen molar-refractivity contribution in [1.82, 2.24) is 0 Å². The number of ketones is 1. The van der Waals surface area contributed by atoms with Gasteiger partial charge in [-0.25, -0.2) is 4.39 Å². The molecule has 214 valence electrons. The summed E-state index contributed by atoms with van der Waals surface area (Å²) in [5.74, 6) is 2.56. The average molecular weight is 534 g/mol. The lowest BCUT2D eigenvalue weighted by Crippen LogP contribution is -2.66. The standard InChI is InChI=1S/C36H52FNO/c1-22(2)30-26(39)21-33(5)19-20-35(7)25(31(30)33)13-14-28-34(6)17-16-29(38-24-11-9-23(37)10-12-24)32(3,4)27(34)15-18-36(28,35)8/h9-12,22,25,27-29,38H,13-21H2,1-8H3/t25-,27+,28-,29?,33+,34+,35-,36-/m1/s1. The minimum atomic E-state index is -0.173. The molecule has 0 heterocycles. The van der Waals surface area contributed by atoms with Crippen molar-refractivity contribution in [3.63, 3.8) is 0 Å². The highest BCUT2D eigenvalue weighted by Gasteiger charge is 2.69. The number of benzene rings is 1. The first kappa shape index (κ1) is 27.5. The molecule has 8 atom stereocenters. The Morgan fingerprint density at radius 3 is 2.18 bits per heavy atom. The molecule has 1 aromatic rings. The molecule has 0 aliphatic heterocycles. The Hall–Kier alpha value is -1.64. The second kappa shape index (κ2) is 8.68. The van der Waals surface area contributed by atoms with Crippen LogP contribution in [0.2, 0.25) is 0 Å². The Morgan fingerprint density at radius 1 is 0.821 bits per heavy atom. The summed E-state index contributed by atoms with van der Waals surface area (Å²) in [6.07, 6.45) is 10.8. The average Bonchev–Trinajstić information content (AvgIpc) is 3.13. The zero-order valence-electron chi connectivity index (χ0n) is 25.8. The van der Waals surface area contributed by atoms with Crippen LogP contribution >= 0.6 is 0 Å². The SMILES string of the molecule is CC(C)C1=C2[C@H]3CC[C@@H]4[C@@]5(C)CCC(Nc6ccc(F)cc6)C(C)(C)[C@@H]5CC[C@@]4(C)[C@]3(C)CC[C@@]2(C)CC1=O. The second-order valence-corrected chi connectivity index (χ2v) is 16.3. The first-order valence-corrected chi connectivity index (χ1v) is 16.0. The van der Waals surface area contributed by atoms with Crippen molar-refractivity contribution >= 4 is 11.5 Å². The molecular weight excluding hydrogens is 481 g/mol. The van der Waals surface area contributed by atoms with Crippen molar-refractivity contribution in [2.24, 2.45) is 50.7 Å². The van der Waals surface area contributed by atoms with Crippen molar-refractivity contribution in [3.8, 4) is 0 Å². The summed E-state index contributed by atoms with van der Waals surface area (Å²) in [6.45, 7) is 19.9. The molecule has 0 aromatic heterocycles. The molecule has 4 fully saturated rings. The third kappa shape index (κ3) is 3.66. The number of nitrogens with one attached hydrogen (secondary N) is 1. The Bertz CT molecular complexity index is 1200. The highest BCUT2D eigenvalue weighted by Crippen LogP contribution is 2.76. The number of carbonyl (C=O) groups excluding carboxylic acids is 1. The second-order valence-electron chi connectivity index (χ2n) is 16.3. The fourth-order valence-corrected chi connectivity index (χ4v) is 11.9. The van der Waals surface area contributed by atoms with E-state index in [0.29, 0.717) is 40.4 Å². The molecule has 5 aliphatic carbocycles. The van der Waals surface area contributed by atoms with Crippen molar-refractivity contribution in [1.29, 1.82) is 0 Å². The number of halogens is 1. The number of Topliss-reactive ketones (excluding diaryl/α,β-unsaturated/α-hetero) is 1. The van der Waals surface area contributed by atoms with E-state index in [-0.39, 0.29) is 22.1 Å². The molecule has 0 spiro atoms. The predicted molar refractivity (Wildman–Crippen MR) is 159 cm³/mol. The number of carbonyl (C=O) groups is 1. The van der Waals surface area contributed by atoms with E-state index in [9.17, 15) is 9.18 Å². The highest BCUT2D eigenvalue weighted by molar-refractivity contribution is 6.00. The van der Waals surface area contributed by atoms with Crippen LogP contribution in [0.5, 0.6) is 0 Å². The minimum absolute atomic E-state index is 0.0945. The maximum atomic E-state index is 13.6. The van der Waals surface area contributed by atoms with Crippen molar-refractivity contribution < 1.29 is 9.18 Å². The number of rotatable bonds is 3. The van der Waals surface area contributed by atoms with E-state index in [1.807, 2.05) is 12.1 Å². The van der Waals surface area contributed by atoms with Crippen LogP contribution in [0, 0.1) is 56.6 Å². The summed E-state index contributed by atoms with van der Waals surface area (Å²) in [6, 6.07) is 7.32. The molecule has 1 N–H and O–H groups in total. The molecule has 4 saturated carbocycles. The van der Waals surface area contributed by atoms with Gasteiger partial charge < -0.3 is 5.32 Å². The topological polar surface area (TPSA) is 29.1 Å². The van der Waals surface area contributed by atoms with Crippen LogP contribution < -0.4 is 5.32 Å². The third-order valence-corrected chi connectivity index (χ3v) is 14.0. The number of allylic oxidation sites excluding steroid dienone is 2. The number of hydrogen-bond acceptors (Lipinski definition) is 2. The van der Waals surface area contributed by atoms with E-state index in [2.05, 4.69) is 60.7 Å². The number of anilines is 1. The molecule has 0 saturated heterocycles. The van der Waals surface area contributed by atoms with Crippen molar-refractivity contribution in [2.75, 3.05) is 5.32 Å². The van der Waals surface area contributed by atoms with Gasteiger partial charge in [-0.2, -0.15) is 0 Å². The monoisotopic (exact) mass is 533 g/mol. The van der Waals surface area contributed by atoms with Crippen LogP contribution in [0.3, 0.4) is 0 Å². The molecule has 39 heavy (non-hydrogen) atoms. The predicted octanol–water partition coefficient (Wildman–Crippen LogP) is 9.61. The summed E-state index contributed by atoms with van der Waals surface area (Å²) < 4.78 is 13.6. The minimum Gasteiger partial charge on any atom is -0.382 e. The summed E-state index contributed by atoms with van der Waals surface area (Å²) in [5.41, 5.74) is 4.99. The van der Waals surface area contributed by atoms with Crippen molar-refractivity contribution in [3.05, 3.63) is 41.2 Å². The van der Waals surface area contributed by atoms with Gasteiger partial charge in [0.25, 0.3) is 0 Å². The van der Waals surface area contributed by atoms with Gasteiger partial charge in [-0.15, -0.1) is 0 Å². The molecule has 0 bridgehead atoms. The molecule has 1 aromatic carbocycles. The Balaban J connectivity index is 1.33. The van der Waals surface area contributed by atoms with Crippen molar-refractivity contribution in [2.45, 2.75) is 119 Å². The van der Waals surface area contributed by atoms with Gasteiger partial charge in [0.15, 0.2) is 5.78 Å². The lowest BCUT2D eigenvalue weighted by molar-refractivity contribution is -0.213. The van der Waals surface area contributed by atoms with E-state index in [1.54, 1.807) is 17.7 Å². The maximum absolute atomic E-state index is 13.6. The van der Waals surface area contributed by atoms with E-state index in [0.717, 1.165) is 18.0 Å². The van der Waals surface area contributed by atoms with Gasteiger partial charge in [-0.3, -0.25) is 4.79 Å². The van der Waals surface area contributed by atoms with Gasteiger partial charge in [0.05, 0.1) is 0 Å². The summed E-state index contributed by atoms with van der Waals surface area (Å²) in [7, 11) is 0. The number of fused-ring (bicyclic) bond motifs is 7. The van der Waals surface area contributed by atoms with Gasteiger partial charge in [0, 0.05) is 18.2 Å². The van der Waals surface area contributed by atoms with Gasteiger partial charge in [-0.05, 0) is 132 Å². The van der Waals surface area contributed by atoms with E-state index >= 15 is 0 Å². The van der Waals surface area contributed by atoms with E-state index in [1.165, 1.54) is 56.9 Å². The molecule has 6 rings (SSSR count). The summed E-state index contributed by atoms with van der Waals surface area (Å²) >= 11 is 0.